The molecule has 0 spiro atoms. The zero-order valence-corrected chi connectivity index (χ0v) is 12.2. The molecule has 0 bridgehead atoms. The van der Waals surface area contributed by atoms with Gasteiger partial charge in [-0.25, -0.2) is 4.98 Å². The molecule has 1 heterocycles. The van der Waals surface area contributed by atoms with Crippen molar-refractivity contribution in [2.24, 2.45) is 0 Å². The first-order chi connectivity index (χ1) is 9.04. The van der Waals surface area contributed by atoms with Crippen molar-refractivity contribution >= 4 is 29.9 Å². The molecule has 0 aliphatic carbocycles. The first-order valence-corrected chi connectivity index (χ1v) is 6.47. The Hall–Kier alpha value is -1.86. The number of hydrogen-bond donors (Lipinski definition) is 1. The third kappa shape index (κ3) is 4.36. The minimum Gasteiger partial charge on any atom is -0.301 e. The number of aromatic amines is 1. The minimum atomic E-state index is -0.434. The average Bonchev–Trinajstić information content (AvgIpc) is 2.36. The van der Waals surface area contributed by atoms with Crippen molar-refractivity contribution in [3.05, 3.63) is 62.1 Å². The highest BCUT2D eigenvalue weighted by molar-refractivity contribution is 7.98. The van der Waals surface area contributed by atoms with Crippen molar-refractivity contribution in [2.75, 3.05) is 0 Å². The molecule has 0 saturated carbocycles. The SMILES string of the molecule is Cc1cc(=O)[nH]c(SCc2ccc([N+](=O)[O-])cc2)n1.Cl. The highest BCUT2D eigenvalue weighted by Gasteiger charge is 2.05. The van der Waals surface area contributed by atoms with Crippen LogP contribution in [0.25, 0.3) is 0 Å². The van der Waals surface area contributed by atoms with Gasteiger partial charge in [-0.05, 0) is 12.5 Å². The predicted octanol–water partition coefficient (Wildman–Crippen LogP) is 2.70. The van der Waals surface area contributed by atoms with Crippen LogP contribution in [0.1, 0.15) is 11.3 Å². The molecule has 0 atom stereocenters. The highest BCUT2D eigenvalue weighted by atomic mass is 35.5. The highest BCUT2D eigenvalue weighted by Crippen LogP contribution is 2.20. The second-order valence-electron chi connectivity index (χ2n) is 3.90. The quantitative estimate of drug-likeness (QED) is 0.406. The van der Waals surface area contributed by atoms with Gasteiger partial charge in [0.15, 0.2) is 5.16 Å². The molecule has 8 heteroatoms. The first kappa shape index (κ1) is 16.2. The number of non-ortho nitro benzene ring substituents is 1. The van der Waals surface area contributed by atoms with Gasteiger partial charge in [0.1, 0.15) is 0 Å². The Morgan fingerprint density at radius 2 is 2.00 bits per heavy atom. The van der Waals surface area contributed by atoms with E-state index in [1.165, 1.54) is 30.0 Å². The van der Waals surface area contributed by atoms with Crippen LogP contribution >= 0.6 is 24.2 Å². The van der Waals surface area contributed by atoms with Gasteiger partial charge in [-0.2, -0.15) is 0 Å². The zero-order chi connectivity index (χ0) is 13.8. The van der Waals surface area contributed by atoms with Gasteiger partial charge in [0.2, 0.25) is 0 Å². The van der Waals surface area contributed by atoms with Gasteiger partial charge in [-0.3, -0.25) is 14.9 Å². The van der Waals surface area contributed by atoms with Crippen molar-refractivity contribution in [3.8, 4) is 0 Å². The Morgan fingerprint density at radius 1 is 1.35 bits per heavy atom. The number of thioether (sulfide) groups is 1. The molecule has 2 aromatic rings. The molecule has 0 aliphatic heterocycles. The van der Waals surface area contributed by atoms with E-state index in [0.717, 1.165) is 5.56 Å². The van der Waals surface area contributed by atoms with Gasteiger partial charge in [0.25, 0.3) is 11.2 Å². The van der Waals surface area contributed by atoms with Gasteiger partial charge in [0.05, 0.1) is 4.92 Å². The maximum atomic E-state index is 11.3. The third-order valence-corrected chi connectivity index (χ3v) is 3.32. The summed E-state index contributed by atoms with van der Waals surface area (Å²) in [5, 5.41) is 11.1. The molecule has 0 unspecified atom stereocenters. The smallest absolute Gasteiger partial charge is 0.269 e. The standard InChI is InChI=1S/C12H11N3O3S.ClH/c1-8-6-11(16)14-12(13-8)19-7-9-2-4-10(5-3-9)15(17)18;/h2-6H,7H2,1H3,(H,13,14,16);1H. The van der Waals surface area contributed by atoms with Crippen molar-refractivity contribution in [1.29, 1.82) is 0 Å². The third-order valence-electron chi connectivity index (χ3n) is 2.37. The van der Waals surface area contributed by atoms with E-state index in [0.29, 0.717) is 16.6 Å². The Morgan fingerprint density at radius 3 is 2.55 bits per heavy atom. The van der Waals surface area contributed by atoms with Crippen molar-refractivity contribution < 1.29 is 4.92 Å². The van der Waals surface area contributed by atoms with Gasteiger partial charge in [0, 0.05) is 29.6 Å². The molecule has 0 amide bonds. The summed E-state index contributed by atoms with van der Waals surface area (Å²) in [6.07, 6.45) is 0. The second-order valence-corrected chi connectivity index (χ2v) is 4.87. The van der Waals surface area contributed by atoms with Crippen LogP contribution in [-0.2, 0) is 5.75 Å². The van der Waals surface area contributed by atoms with Gasteiger partial charge in [-0.15, -0.1) is 12.4 Å². The molecule has 0 aliphatic rings. The number of aryl methyl sites for hydroxylation is 1. The van der Waals surface area contributed by atoms with E-state index in [1.807, 2.05) is 0 Å². The van der Waals surface area contributed by atoms with E-state index in [9.17, 15) is 14.9 Å². The topological polar surface area (TPSA) is 88.9 Å². The molecule has 6 nitrogen and oxygen atoms in total. The number of benzene rings is 1. The fourth-order valence-electron chi connectivity index (χ4n) is 1.49. The molecular weight excluding hydrogens is 302 g/mol. The maximum Gasteiger partial charge on any atom is 0.269 e. The molecule has 106 valence electrons. The Balaban J connectivity index is 0.00000200. The molecular formula is C12H12ClN3O3S. The molecule has 0 radical (unpaired) electrons. The summed E-state index contributed by atoms with van der Waals surface area (Å²) in [4.78, 5) is 28.2. The average molecular weight is 314 g/mol. The van der Waals surface area contributed by atoms with Crippen molar-refractivity contribution in [3.63, 3.8) is 0 Å². The zero-order valence-electron chi connectivity index (χ0n) is 10.5. The lowest BCUT2D eigenvalue weighted by molar-refractivity contribution is -0.384. The van der Waals surface area contributed by atoms with E-state index in [1.54, 1.807) is 19.1 Å². The summed E-state index contributed by atoms with van der Waals surface area (Å²) in [5.74, 6) is 0.588. The Kier molecular flexibility index (Phi) is 5.72. The van der Waals surface area contributed by atoms with Crippen LogP contribution in [0.3, 0.4) is 0 Å². The summed E-state index contributed by atoms with van der Waals surface area (Å²) in [5.41, 5.74) is 1.48. The Bertz CT molecular complexity index is 658. The van der Waals surface area contributed by atoms with Crippen LogP contribution in [0, 0.1) is 17.0 Å². The lowest BCUT2D eigenvalue weighted by Gasteiger charge is -2.02. The summed E-state index contributed by atoms with van der Waals surface area (Å²) in [7, 11) is 0. The summed E-state index contributed by atoms with van der Waals surface area (Å²) < 4.78 is 0. The number of halogens is 1. The number of hydrogen-bond acceptors (Lipinski definition) is 5. The summed E-state index contributed by atoms with van der Waals surface area (Å²) in [6.45, 7) is 1.76. The van der Waals surface area contributed by atoms with E-state index in [4.69, 9.17) is 0 Å². The van der Waals surface area contributed by atoms with Crippen LogP contribution < -0.4 is 5.56 Å². The molecule has 1 aromatic heterocycles. The normalized spacial score (nSPS) is 9.85. The molecule has 0 saturated heterocycles. The van der Waals surface area contributed by atoms with Gasteiger partial charge in [-0.1, -0.05) is 23.9 Å². The van der Waals surface area contributed by atoms with Crippen LogP contribution in [0.5, 0.6) is 0 Å². The van der Waals surface area contributed by atoms with Crippen molar-refractivity contribution in [1.82, 2.24) is 9.97 Å². The second kappa shape index (κ2) is 7.06. The lowest BCUT2D eigenvalue weighted by atomic mass is 10.2. The molecule has 1 N–H and O–H groups in total. The van der Waals surface area contributed by atoms with E-state index >= 15 is 0 Å². The number of nitro benzene ring substituents is 1. The largest absolute Gasteiger partial charge is 0.301 e. The van der Waals surface area contributed by atoms with E-state index in [-0.39, 0.29) is 23.7 Å². The number of nitro groups is 1. The van der Waals surface area contributed by atoms with E-state index in [2.05, 4.69) is 9.97 Å². The van der Waals surface area contributed by atoms with Crippen LogP contribution in [0.4, 0.5) is 5.69 Å². The fourth-order valence-corrected chi connectivity index (χ4v) is 2.36. The minimum absolute atomic E-state index is 0. The molecule has 0 fully saturated rings. The molecule has 2 rings (SSSR count). The van der Waals surface area contributed by atoms with E-state index < -0.39 is 4.92 Å². The number of nitrogens with one attached hydrogen (secondary N) is 1. The van der Waals surface area contributed by atoms with Gasteiger partial charge < -0.3 is 4.98 Å². The summed E-state index contributed by atoms with van der Waals surface area (Å²) in [6, 6.07) is 7.73. The van der Waals surface area contributed by atoms with Crippen LogP contribution in [0.15, 0.2) is 40.3 Å². The van der Waals surface area contributed by atoms with Crippen molar-refractivity contribution in [2.45, 2.75) is 17.8 Å². The maximum absolute atomic E-state index is 11.3. The number of nitrogens with zero attached hydrogens (tertiary/aromatic N) is 2. The van der Waals surface area contributed by atoms with Gasteiger partial charge >= 0.3 is 0 Å². The fraction of sp³-hybridized carbons (Fsp3) is 0.167. The first-order valence-electron chi connectivity index (χ1n) is 5.49. The van der Waals surface area contributed by atoms with Crippen LogP contribution in [-0.4, -0.2) is 14.9 Å². The van der Waals surface area contributed by atoms with Crippen LogP contribution in [0.2, 0.25) is 0 Å². The summed E-state index contributed by atoms with van der Waals surface area (Å²) >= 11 is 1.38. The monoisotopic (exact) mass is 313 g/mol. The number of H-pyrrole nitrogens is 1. The Labute approximate surface area is 125 Å². The number of aromatic nitrogens is 2. The molecule has 20 heavy (non-hydrogen) atoms. The number of rotatable bonds is 4. The predicted molar refractivity (Wildman–Crippen MR) is 79.5 cm³/mol. The lowest BCUT2D eigenvalue weighted by Crippen LogP contribution is -2.08. The molecule has 1 aromatic carbocycles.